The molecular formula is C16H18N2O4. The number of carbonyl (C=O) groups is 1. The van der Waals surface area contributed by atoms with Crippen LogP contribution in [0.1, 0.15) is 23.2 Å². The van der Waals surface area contributed by atoms with E-state index in [4.69, 9.17) is 9.26 Å². The summed E-state index contributed by atoms with van der Waals surface area (Å²) >= 11 is 0. The molecule has 6 nitrogen and oxygen atoms in total. The normalized spacial score (nSPS) is 18.1. The summed E-state index contributed by atoms with van der Waals surface area (Å²) in [5.41, 5.74) is 0.768. The molecule has 3 rings (SSSR count). The molecule has 1 fully saturated rings. The highest BCUT2D eigenvalue weighted by atomic mass is 16.5. The van der Waals surface area contributed by atoms with Crippen LogP contribution in [0.4, 0.5) is 5.82 Å². The lowest BCUT2D eigenvalue weighted by Gasteiger charge is -2.22. The lowest BCUT2D eigenvalue weighted by Crippen LogP contribution is -2.24. The third-order valence-corrected chi connectivity index (χ3v) is 3.75. The Kier molecular flexibility index (Phi) is 4.39. The van der Waals surface area contributed by atoms with Crippen LogP contribution in [0.15, 0.2) is 34.9 Å². The number of benzene rings is 1. The number of ether oxygens (including phenoxy) is 1. The van der Waals surface area contributed by atoms with E-state index < -0.39 is 5.97 Å². The first-order chi connectivity index (χ1) is 10.8. The summed E-state index contributed by atoms with van der Waals surface area (Å²) in [5.74, 6) is -0.137. The minimum Gasteiger partial charge on any atom is -0.477 e. The van der Waals surface area contributed by atoms with Gasteiger partial charge in [-0.1, -0.05) is 35.5 Å². The molecule has 116 valence electrons. The molecule has 1 atom stereocenters. The van der Waals surface area contributed by atoms with Crippen molar-refractivity contribution >= 4 is 11.8 Å². The maximum atomic E-state index is 11.6. The summed E-state index contributed by atoms with van der Waals surface area (Å²) in [6.07, 6.45) is 2.10. The van der Waals surface area contributed by atoms with Crippen molar-refractivity contribution in [1.29, 1.82) is 0 Å². The molecule has 1 aromatic heterocycles. The van der Waals surface area contributed by atoms with Crippen LogP contribution in [0.5, 0.6) is 0 Å². The highest BCUT2D eigenvalue weighted by Gasteiger charge is 2.24. The third kappa shape index (κ3) is 3.12. The highest BCUT2D eigenvalue weighted by molar-refractivity contribution is 5.99. The molecular weight excluding hydrogens is 284 g/mol. The molecule has 2 heterocycles. The van der Waals surface area contributed by atoms with Gasteiger partial charge in [0.15, 0.2) is 17.1 Å². The molecule has 1 aliphatic rings. The molecule has 0 spiro atoms. The number of hydrogen-bond donors (Lipinski definition) is 2. The number of carboxylic acids is 1. The van der Waals surface area contributed by atoms with E-state index in [0.717, 1.165) is 19.4 Å². The average molecular weight is 302 g/mol. The van der Waals surface area contributed by atoms with Crippen molar-refractivity contribution < 1.29 is 19.2 Å². The quantitative estimate of drug-likeness (QED) is 0.883. The van der Waals surface area contributed by atoms with Crippen LogP contribution in [0.2, 0.25) is 0 Å². The van der Waals surface area contributed by atoms with Gasteiger partial charge in [-0.2, -0.15) is 0 Å². The van der Waals surface area contributed by atoms with Gasteiger partial charge in [-0.15, -0.1) is 0 Å². The Morgan fingerprint density at radius 2 is 2.18 bits per heavy atom. The number of rotatable bonds is 5. The van der Waals surface area contributed by atoms with Gasteiger partial charge < -0.3 is 19.7 Å². The highest BCUT2D eigenvalue weighted by Crippen LogP contribution is 2.29. The molecule has 0 amide bonds. The molecule has 2 N–H and O–H groups in total. The van der Waals surface area contributed by atoms with Gasteiger partial charge in [0, 0.05) is 18.7 Å². The number of aromatic nitrogens is 1. The van der Waals surface area contributed by atoms with Gasteiger partial charge in [0.1, 0.15) is 0 Å². The summed E-state index contributed by atoms with van der Waals surface area (Å²) in [7, 11) is 0. The van der Waals surface area contributed by atoms with Crippen LogP contribution in [-0.4, -0.2) is 36.0 Å². The molecule has 1 saturated heterocycles. The van der Waals surface area contributed by atoms with Gasteiger partial charge in [0.2, 0.25) is 0 Å². The van der Waals surface area contributed by atoms with Crippen LogP contribution in [0.3, 0.4) is 0 Å². The Bertz CT molecular complexity index is 633. The molecule has 6 heteroatoms. The van der Waals surface area contributed by atoms with E-state index in [9.17, 15) is 9.90 Å². The number of nitrogens with zero attached hydrogens (tertiary/aromatic N) is 1. The fourth-order valence-electron chi connectivity index (χ4n) is 2.61. The summed E-state index contributed by atoms with van der Waals surface area (Å²) in [6, 6.07) is 9.12. The summed E-state index contributed by atoms with van der Waals surface area (Å²) in [4.78, 5) is 11.6. The zero-order valence-electron chi connectivity index (χ0n) is 12.1. The van der Waals surface area contributed by atoms with E-state index in [1.54, 1.807) is 12.1 Å². The molecule has 0 saturated carbocycles. The van der Waals surface area contributed by atoms with Crippen molar-refractivity contribution in [2.75, 3.05) is 25.1 Å². The van der Waals surface area contributed by atoms with Crippen LogP contribution >= 0.6 is 0 Å². The molecule has 1 unspecified atom stereocenters. The molecule has 0 bridgehead atoms. The second kappa shape index (κ2) is 6.62. The summed E-state index contributed by atoms with van der Waals surface area (Å²) < 4.78 is 10.7. The van der Waals surface area contributed by atoms with E-state index in [-0.39, 0.29) is 17.1 Å². The number of aromatic carboxylic acids is 1. The molecule has 1 aliphatic heterocycles. The minimum atomic E-state index is -1.05. The maximum Gasteiger partial charge on any atom is 0.343 e. The van der Waals surface area contributed by atoms with Crippen LogP contribution in [0, 0.1) is 5.92 Å². The first-order valence-corrected chi connectivity index (χ1v) is 7.35. The topological polar surface area (TPSA) is 84.6 Å². The Balaban J connectivity index is 1.79. The van der Waals surface area contributed by atoms with Crippen molar-refractivity contribution in [3.63, 3.8) is 0 Å². The maximum absolute atomic E-state index is 11.6. The fourth-order valence-corrected chi connectivity index (χ4v) is 2.61. The lowest BCUT2D eigenvalue weighted by atomic mass is 10.0. The number of carboxylic acid groups (broad SMARTS) is 1. The van der Waals surface area contributed by atoms with Gasteiger partial charge in [-0.3, -0.25) is 0 Å². The predicted octanol–water partition coefficient (Wildman–Crippen LogP) is 2.88. The Morgan fingerprint density at radius 3 is 2.86 bits per heavy atom. The van der Waals surface area contributed by atoms with Gasteiger partial charge in [0.25, 0.3) is 0 Å². The Morgan fingerprint density at radius 1 is 1.36 bits per heavy atom. The second-order valence-corrected chi connectivity index (χ2v) is 5.37. The monoisotopic (exact) mass is 302 g/mol. The largest absolute Gasteiger partial charge is 0.477 e. The average Bonchev–Trinajstić information content (AvgIpc) is 2.99. The lowest BCUT2D eigenvalue weighted by molar-refractivity contribution is 0.0594. The van der Waals surface area contributed by atoms with Crippen molar-refractivity contribution in [3.8, 4) is 11.3 Å². The van der Waals surface area contributed by atoms with Crippen LogP contribution in [0.25, 0.3) is 11.3 Å². The van der Waals surface area contributed by atoms with Crippen LogP contribution < -0.4 is 5.32 Å². The molecule has 22 heavy (non-hydrogen) atoms. The van der Waals surface area contributed by atoms with Gasteiger partial charge in [-0.05, 0) is 18.8 Å². The molecule has 0 aliphatic carbocycles. The SMILES string of the molecule is O=C(O)c1c(NCC2CCCOC2)noc1-c1ccccc1. The minimum absolute atomic E-state index is 0.0722. The van der Waals surface area contributed by atoms with Gasteiger partial charge in [-0.25, -0.2) is 4.79 Å². The van der Waals surface area contributed by atoms with E-state index in [0.29, 0.717) is 24.6 Å². The summed E-state index contributed by atoms with van der Waals surface area (Å²) in [6.45, 7) is 2.12. The van der Waals surface area contributed by atoms with Crippen molar-refractivity contribution in [2.24, 2.45) is 5.92 Å². The molecule has 1 aromatic carbocycles. The molecule has 2 aromatic rings. The van der Waals surface area contributed by atoms with E-state index in [2.05, 4.69) is 10.5 Å². The van der Waals surface area contributed by atoms with Crippen molar-refractivity contribution in [2.45, 2.75) is 12.8 Å². The number of anilines is 1. The zero-order chi connectivity index (χ0) is 15.4. The predicted molar refractivity (Wildman–Crippen MR) is 80.9 cm³/mol. The zero-order valence-corrected chi connectivity index (χ0v) is 12.1. The van der Waals surface area contributed by atoms with Gasteiger partial charge >= 0.3 is 5.97 Å². The summed E-state index contributed by atoms with van der Waals surface area (Å²) in [5, 5.41) is 16.4. The van der Waals surface area contributed by atoms with Crippen molar-refractivity contribution in [3.05, 3.63) is 35.9 Å². The number of hydrogen-bond acceptors (Lipinski definition) is 5. The smallest absolute Gasteiger partial charge is 0.343 e. The Hall–Kier alpha value is -2.34. The fraction of sp³-hybridized carbons (Fsp3) is 0.375. The van der Waals surface area contributed by atoms with Crippen LogP contribution in [-0.2, 0) is 4.74 Å². The van der Waals surface area contributed by atoms with Crippen molar-refractivity contribution in [1.82, 2.24) is 5.16 Å². The first-order valence-electron chi connectivity index (χ1n) is 7.35. The van der Waals surface area contributed by atoms with E-state index in [1.165, 1.54) is 0 Å². The van der Waals surface area contributed by atoms with E-state index in [1.807, 2.05) is 18.2 Å². The van der Waals surface area contributed by atoms with E-state index >= 15 is 0 Å². The standard InChI is InChI=1S/C16H18N2O4/c19-16(20)13-14(12-6-2-1-3-7-12)22-18-15(13)17-9-11-5-4-8-21-10-11/h1-3,6-7,11H,4-5,8-10H2,(H,17,18)(H,19,20). The third-order valence-electron chi connectivity index (χ3n) is 3.75. The first kappa shape index (κ1) is 14.6. The Labute approximate surface area is 128 Å². The van der Waals surface area contributed by atoms with Gasteiger partial charge in [0.05, 0.1) is 6.61 Å². The number of nitrogens with one attached hydrogen (secondary N) is 1. The molecule has 0 radical (unpaired) electrons. The second-order valence-electron chi connectivity index (χ2n) is 5.37.